The molecule has 16 heavy (non-hydrogen) atoms. The Kier molecular flexibility index (Phi) is 9.18. The normalized spacial score (nSPS) is 19.2. The van der Waals surface area contributed by atoms with Crippen LogP contribution in [-0.4, -0.2) is 53.9 Å². The molecule has 4 N–H and O–H groups in total. The maximum atomic E-state index is 11.5. The van der Waals surface area contributed by atoms with Gasteiger partial charge in [-0.25, -0.2) is 0 Å². The van der Waals surface area contributed by atoms with Crippen molar-refractivity contribution in [2.45, 2.75) is 38.2 Å². The van der Waals surface area contributed by atoms with Crippen LogP contribution in [0.5, 0.6) is 0 Å². The van der Waals surface area contributed by atoms with Crippen molar-refractivity contribution in [2.24, 2.45) is 5.73 Å². The van der Waals surface area contributed by atoms with Crippen molar-refractivity contribution in [1.29, 1.82) is 0 Å². The van der Waals surface area contributed by atoms with E-state index in [4.69, 9.17) is 10.8 Å². The highest BCUT2D eigenvalue weighted by Crippen LogP contribution is 2.11. The number of carbonyl (C=O) groups is 1. The van der Waals surface area contributed by atoms with Gasteiger partial charge in [0.1, 0.15) is 0 Å². The highest BCUT2D eigenvalue weighted by atomic mass is 16.3. The number of aliphatic hydroxyl groups excluding tert-OH is 2. The molecule has 1 heterocycles. The minimum atomic E-state index is -0.303. The van der Waals surface area contributed by atoms with Crippen LogP contribution in [0.15, 0.2) is 0 Å². The molecule has 1 saturated heterocycles. The van der Waals surface area contributed by atoms with E-state index in [1.807, 2.05) is 0 Å². The van der Waals surface area contributed by atoms with Gasteiger partial charge in [-0.3, -0.25) is 4.79 Å². The fourth-order valence-electron chi connectivity index (χ4n) is 1.72. The van der Waals surface area contributed by atoms with E-state index in [-0.39, 0.29) is 12.0 Å². The van der Waals surface area contributed by atoms with E-state index in [0.717, 1.165) is 39.3 Å². The lowest BCUT2D eigenvalue weighted by molar-refractivity contribution is -0.130. The van der Waals surface area contributed by atoms with Gasteiger partial charge in [-0.1, -0.05) is 6.42 Å². The number of hydrogen-bond donors (Lipinski definition) is 3. The van der Waals surface area contributed by atoms with Crippen LogP contribution in [0.4, 0.5) is 0 Å². The fourth-order valence-corrected chi connectivity index (χ4v) is 1.72. The minimum Gasteiger partial charge on any atom is -0.400 e. The maximum Gasteiger partial charge on any atom is 0.222 e. The largest absolute Gasteiger partial charge is 0.400 e. The van der Waals surface area contributed by atoms with Crippen LogP contribution in [0.3, 0.4) is 0 Å². The maximum absolute atomic E-state index is 11.5. The van der Waals surface area contributed by atoms with E-state index >= 15 is 0 Å². The summed E-state index contributed by atoms with van der Waals surface area (Å²) >= 11 is 0. The molecule has 0 aromatic carbocycles. The molecule has 1 unspecified atom stereocenters. The van der Waals surface area contributed by atoms with Crippen LogP contribution in [-0.2, 0) is 4.79 Å². The van der Waals surface area contributed by atoms with Crippen LogP contribution in [0.1, 0.15) is 32.1 Å². The van der Waals surface area contributed by atoms with Gasteiger partial charge in [0.2, 0.25) is 5.91 Å². The van der Waals surface area contributed by atoms with Gasteiger partial charge in [-0.2, -0.15) is 0 Å². The lowest BCUT2D eigenvalue weighted by Gasteiger charge is -2.14. The second-order valence-corrected chi connectivity index (χ2v) is 3.88. The molecule has 0 saturated carbocycles. The SMILES string of the molecule is CO.NCCCCCC(=O)N1CCC(O)C1. The monoisotopic (exact) mass is 232 g/mol. The molecule has 1 rings (SSSR count). The molecule has 1 amide bonds. The Bertz CT molecular complexity index is 188. The molecule has 0 radical (unpaired) electrons. The fraction of sp³-hybridized carbons (Fsp3) is 0.909. The lowest BCUT2D eigenvalue weighted by atomic mass is 10.2. The number of nitrogens with two attached hydrogens (primary N) is 1. The number of carbonyl (C=O) groups excluding carboxylic acids is 1. The molecule has 0 bridgehead atoms. The Hall–Kier alpha value is -0.650. The van der Waals surface area contributed by atoms with Crippen LogP contribution < -0.4 is 5.73 Å². The third-order valence-electron chi connectivity index (χ3n) is 2.61. The van der Waals surface area contributed by atoms with Crippen molar-refractivity contribution in [2.75, 3.05) is 26.7 Å². The van der Waals surface area contributed by atoms with Gasteiger partial charge in [0.15, 0.2) is 0 Å². The number of nitrogens with zero attached hydrogens (tertiary/aromatic N) is 1. The molecule has 1 fully saturated rings. The highest BCUT2D eigenvalue weighted by molar-refractivity contribution is 5.76. The van der Waals surface area contributed by atoms with Crippen molar-refractivity contribution >= 4 is 5.91 Å². The Morgan fingerprint density at radius 2 is 2.06 bits per heavy atom. The quantitative estimate of drug-likeness (QED) is 0.568. The van der Waals surface area contributed by atoms with E-state index < -0.39 is 0 Å². The second-order valence-electron chi connectivity index (χ2n) is 3.88. The van der Waals surface area contributed by atoms with Crippen molar-refractivity contribution in [3.63, 3.8) is 0 Å². The van der Waals surface area contributed by atoms with E-state index in [0.29, 0.717) is 19.5 Å². The first kappa shape index (κ1) is 15.3. The molecular formula is C11H24N2O3. The van der Waals surface area contributed by atoms with Crippen molar-refractivity contribution in [3.05, 3.63) is 0 Å². The summed E-state index contributed by atoms with van der Waals surface area (Å²) < 4.78 is 0. The van der Waals surface area contributed by atoms with Crippen molar-refractivity contribution in [3.8, 4) is 0 Å². The average Bonchev–Trinajstić information content (AvgIpc) is 2.74. The summed E-state index contributed by atoms with van der Waals surface area (Å²) in [4.78, 5) is 13.3. The predicted molar refractivity (Wildman–Crippen MR) is 62.9 cm³/mol. The molecule has 5 heteroatoms. The Labute approximate surface area is 97.2 Å². The molecule has 0 aliphatic carbocycles. The molecule has 0 aromatic rings. The number of likely N-dealkylation sites (tertiary alicyclic amines) is 1. The van der Waals surface area contributed by atoms with Gasteiger partial charge < -0.3 is 20.8 Å². The van der Waals surface area contributed by atoms with Crippen molar-refractivity contribution < 1.29 is 15.0 Å². The smallest absolute Gasteiger partial charge is 0.222 e. The zero-order valence-electron chi connectivity index (χ0n) is 10.1. The van der Waals surface area contributed by atoms with Gasteiger partial charge in [-0.05, 0) is 25.8 Å². The summed E-state index contributed by atoms with van der Waals surface area (Å²) in [5.41, 5.74) is 5.36. The summed E-state index contributed by atoms with van der Waals surface area (Å²) in [5.74, 6) is 0.179. The Balaban J connectivity index is 0.00000106. The number of β-amino-alcohol motifs (C(OH)–C–C–N with tert-alkyl or cyclic N) is 1. The minimum absolute atomic E-state index is 0.179. The van der Waals surface area contributed by atoms with Gasteiger partial charge >= 0.3 is 0 Å². The summed E-state index contributed by atoms with van der Waals surface area (Å²) in [6.45, 7) is 1.95. The van der Waals surface area contributed by atoms with Crippen LogP contribution in [0.2, 0.25) is 0 Å². The van der Waals surface area contributed by atoms with Crippen LogP contribution >= 0.6 is 0 Å². The number of amides is 1. The van der Waals surface area contributed by atoms with E-state index in [2.05, 4.69) is 0 Å². The summed E-state index contributed by atoms with van der Waals surface area (Å²) in [6, 6.07) is 0. The lowest BCUT2D eigenvalue weighted by Crippen LogP contribution is -2.29. The average molecular weight is 232 g/mol. The first-order valence-corrected chi connectivity index (χ1v) is 5.84. The zero-order chi connectivity index (χ0) is 12.4. The highest BCUT2D eigenvalue weighted by Gasteiger charge is 2.23. The number of aliphatic hydroxyl groups is 2. The third kappa shape index (κ3) is 6.05. The molecule has 1 aliphatic heterocycles. The predicted octanol–water partition coefficient (Wildman–Crippen LogP) is -0.293. The van der Waals surface area contributed by atoms with E-state index in [1.165, 1.54) is 0 Å². The van der Waals surface area contributed by atoms with Crippen LogP contribution in [0.25, 0.3) is 0 Å². The first-order chi connectivity index (χ1) is 7.74. The standard InChI is InChI=1S/C10H20N2O2.CH4O/c11-6-3-1-2-4-10(14)12-7-5-9(13)8-12;1-2/h9,13H,1-8,11H2;2H,1H3. The van der Waals surface area contributed by atoms with Gasteiger partial charge in [0.05, 0.1) is 6.10 Å². The zero-order valence-corrected chi connectivity index (χ0v) is 10.1. The number of unbranched alkanes of at least 4 members (excludes halogenated alkanes) is 2. The number of hydrogen-bond acceptors (Lipinski definition) is 4. The molecular weight excluding hydrogens is 208 g/mol. The van der Waals surface area contributed by atoms with E-state index in [9.17, 15) is 9.90 Å². The number of rotatable bonds is 5. The molecule has 5 nitrogen and oxygen atoms in total. The summed E-state index contributed by atoms with van der Waals surface area (Å²) in [5, 5.41) is 16.2. The van der Waals surface area contributed by atoms with Gasteiger partial charge in [0, 0.05) is 26.6 Å². The molecule has 1 atom stereocenters. The van der Waals surface area contributed by atoms with Gasteiger partial charge in [0.25, 0.3) is 0 Å². The molecule has 0 aromatic heterocycles. The Morgan fingerprint density at radius 1 is 1.38 bits per heavy atom. The molecule has 96 valence electrons. The second kappa shape index (κ2) is 9.57. The molecule has 0 spiro atoms. The van der Waals surface area contributed by atoms with Crippen LogP contribution in [0, 0.1) is 0 Å². The first-order valence-electron chi connectivity index (χ1n) is 5.84. The summed E-state index contributed by atoms with van der Waals surface area (Å²) in [6.07, 6.45) is 3.97. The van der Waals surface area contributed by atoms with Gasteiger partial charge in [-0.15, -0.1) is 0 Å². The topological polar surface area (TPSA) is 86.8 Å². The summed E-state index contributed by atoms with van der Waals surface area (Å²) in [7, 11) is 1.00. The molecule has 1 aliphatic rings. The third-order valence-corrected chi connectivity index (χ3v) is 2.61. The van der Waals surface area contributed by atoms with Crippen molar-refractivity contribution in [1.82, 2.24) is 4.90 Å². The van der Waals surface area contributed by atoms with E-state index in [1.54, 1.807) is 4.90 Å². The Morgan fingerprint density at radius 3 is 2.56 bits per heavy atom.